The summed E-state index contributed by atoms with van der Waals surface area (Å²) in [5, 5.41) is 13.1. The number of benzene rings is 1. The molecule has 94 valence electrons. The van der Waals surface area contributed by atoms with Gasteiger partial charge in [-0.3, -0.25) is 0 Å². The van der Waals surface area contributed by atoms with E-state index in [9.17, 15) is 5.11 Å². The summed E-state index contributed by atoms with van der Waals surface area (Å²) in [4.78, 5) is 0. The maximum absolute atomic E-state index is 9.31. The molecular formula is C15H23NO. The maximum Gasteiger partial charge on any atom is 0.115 e. The van der Waals surface area contributed by atoms with Crippen LogP contribution in [0.25, 0.3) is 0 Å². The smallest absolute Gasteiger partial charge is 0.115 e. The van der Waals surface area contributed by atoms with Crippen LogP contribution in [0.4, 0.5) is 0 Å². The van der Waals surface area contributed by atoms with Gasteiger partial charge in [-0.25, -0.2) is 0 Å². The zero-order valence-corrected chi connectivity index (χ0v) is 10.7. The zero-order valence-electron chi connectivity index (χ0n) is 10.7. The molecule has 1 atom stereocenters. The van der Waals surface area contributed by atoms with Gasteiger partial charge in [0, 0.05) is 5.54 Å². The van der Waals surface area contributed by atoms with Gasteiger partial charge in [-0.15, -0.1) is 0 Å². The minimum absolute atomic E-state index is 0.271. The number of nitrogens with one attached hydrogen (secondary N) is 1. The van der Waals surface area contributed by atoms with Crippen LogP contribution < -0.4 is 5.32 Å². The largest absolute Gasteiger partial charge is 0.508 e. The summed E-state index contributed by atoms with van der Waals surface area (Å²) >= 11 is 0. The molecule has 2 rings (SSSR count). The van der Waals surface area contributed by atoms with Gasteiger partial charge in [0.2, 0.25) is 0 Å². The summed E-state index contributed by atoms with van der Waals surface area (Å²) in [6.07, 6.45) is 7.50. The lowest BCUT2D eigenvalue weighted by Crippen LogP contribution is -2.46. The monoisotopic (exact) mass is 233 g/mol. The molecule has 1 heterocycles. The van der Waals surface area contributed by atoms with Crippen LogP contribution in [-0.2, 0) is 6.42 Å². The van der Waals surface area contributed by atoms with Crippen LogP contribution in [0, 0.1) is 0 Å². The zero-order chi connectivity index (χ0) is 12.1. The molecule has 1 unspecified atom stereocenters. The van der Waals surface area contributed by atoms with E-state index >= 15 is 0 Å². The summed E-state index contributed by atoms with van der Waals surface area (Å²) in [6.45, 7) is 3.42. The Labute approximate surface area is 104 Å². The van der Waals surface area contributed by atoms with Crippen molar-refractivity contribution >= 4 is 0 Å². The summed E-state index contributed by atoms with van der Waals surface area (Å²) < 4.78 is 0. The lowest BCUT2D eigenvalue weighted by molar-refractivity contribution is 0.302. The number of phenols is 1. The van der Waals surface area contributed by atoms with Gasteiger partial charge in [-0.2, -0.15) is 0 Å². The van der Waals surface area contributed by atoms with E-state index in [4.69, 9.17) is 0 Å². The summed E-state index contributed by atoms with van der Waals surface area (Å²) in [5.74, 6) is 0.355. The Bertz CT molecular complexity index is 336. The Morgan fingerprint density at radius 1 is 1.18 bits per heavy atom. The normalized spacial score (nSPS) is 25.5. The van der Waals surface area contributed by atoms with E-state index in [0.29, 0.717) is 5.75 Å². The Morgan fingerprint density at radius 2 is 1.94 bits per heavy atom. The molecule has 0 bridgehead atoms. The predicted octanol–water partition coefficient (Wildman–Crippen LogP) is 3.25. The third-order valence-corrected chi connectivity index (χ3v) is 3.99. The number of phenolic OH excluding ortho intramolecular Hbond substituents is 1. The molecule has 0 radical (unpaired) electrons. The van der Waals surface area contributed by atoms with Crippen LogP contribution in [0.2, 0.25) is 0 Å². The number of aromatic hydroxyl groups is 1. The van der Waals surface area contributed by atoms with E-state index in [2.05, 4.69) is 12.2 Å². The van der Waals surface area contributed by atoms with E-state index in [1.165, 1.54) is 37.7 Å². The summed E-state index contributed by atoms with van der Waals surface area (Å²) in [6, 6.07) is 7.66. The van der Waals surface area contributed by atoms with Crippen LogP contribution in [-0.4, -0.2) is 17.2 Å². The van der Waals surface area contributed by atoms with Crippen molar-refractivity contribution in [2.75, 3.05) is 6.54 Å². The molecule has 2 N–H and O–H groups in total. The first-order chi connectivity index (χ1) is 8.24. The quantitative estimate of drug-likeness (QED) is 0.840. The molecule has 1 aromatic rings. The van der Waals surface area contributed by atoms with Gasteiger partial charge >= 0.3 is 0 Å². The first-order valence-electron chi connectivity index (χ1n) is 6.77. The Balaban J connectivity index is 2.09. The van der Waals surface area contributed by atoms with Crippen molar-refractivity contribution in [1.82, 2.24) is 5.32 Å². The van der Waals surface area contributed by atoms with Gasteiger partial charge < -0.3 is 10.4 Å². The van der Waals surface area contributed by atoms with Crippen molar-refractivity contribution in [3.05, 3.63) is 29.8 Å². The first-order valence-corrected chi connectivity index (χ1v) is 6.77. The molecule has 0 aliphatic carbocycles. The molecule has 2 nitrogen and oxygen atoms in total. The molecule has 0 amide bonds. The first kappa shape index (κ1) is 12.4. The van der Waals surface area contributed by atoms with E-state index in [1.807, 2.05) is 12.1 Å². The van der Waals surface area contributed by atoms with Crippen molar-refractivity contribution < 1.29 is 5.11 Å². The van der Waals surface area contributed by atoms with Gasteiger partial charge in [0.15, 0.2) is 0 Å². The van der Waals surface area contributed by atoms with Crippen LogP contribution in [0.15, 0.2) is 24.3 Å². The molecule has 1 aliphatic heterocycles. The number of hydrogen-bond donors (Lipinski definition) is 2. The average molecular weight is 233 g/mol. The SMILES string of the molecule is CCC1(Cc2ccc(O)cc2)CCCCCN1. The van der Waals surface area contributed by atoms with Crippen molar-refractivity contribution in [1.29, 1.82) is 0 Å². The van der Waals surface area contributed by atoms with E-state index in [-0.39, 0.29) is 5.54 Å². The maximum atomic E-state index is 9.31. The molecular weight excluding hydrogens is 210 g/mol. The van der Waals surface area contributed by atoms with Gasteiger partial charge in [0.1, 0.15) is 5.75 Å². The molecule has 1 saturated heterocycles. The third-order valence-electron chi connectivity index (χ3n) is 3.99. The van der Waals surface area contributed by atoms with E-state index in [1.54, 1.807) is 12.1 Å². The van der Waals surface area contributed by atoms with Gasteiger partial charge in [0.25, 0.3) is 0 Å². The highest BCUT2D eigenvalue weighted by molar-refractivity contribution is 5.27. The second kappa shape index (κ2) is 5.54. The average Bonchev–Trinajstić information content (AvgIpc) is 2.58. The Hall–Kier alpha value is -1.02. The Kier molecular flexibility index (Phi) is 4.06. The van der Waals surface area contributed by atoms with E-state index in [0.717, 1.165) is 13.0 Å². The highest BCUT2D eigenvalue weighted by Gasteiger charge is 2.28. The molecule has 1 aromatic carbocycles. The lowest BCUT2D eigenvalue weighted by Gasteiger charge is -2.33. The van der Waals surface area contributed by atoms with Crippen LogP contribution in [0.3, 0.4) is 0 Å². The topological polar surface area (TPSA) is 32.3 Å². The standard InChI is InChI=1S/C15H23NO/c1-2-15(10-4-3-5-11-16-15)12-13-6-8-14(17)9-7-13/h6-9,16-17H,2-5,10-12H2,1H3. The van der Waals surface area contributed by atoms with E-state index < -0.39 is 0 Å². The van der Waals surface area contributed by atoms with Crippen molar-refractivity contribution in [2.24, 2.45) is 0 Å². The highest BCUT2D eigenvalue weighted by atomic mass is 16.3. The number of hydrogen-bond acceptors (Lipinski definition) is 2. The lowest BCUT2D eigenvalue weighted by atomic mass is 9.84. The van der Waals surface area contributed by atoms with Crippen LogP contribution in [0.1, 0.15) is 44.6 Å². The van der Waals surface area contributed by atoms with Crippen molar-refractivity contribution in [3.63, 3.8) is 0 Å². The summed E-state index contributed by atoms with van der Waals surface area (Å²) in [7, 11) is 0. The number of rotatable bonds is 3. The molecule has 0 aromatic heterocycles. The molecule has 2 heteroatoms. The molecule has 1 fully saturated rings. The van der Waals surface area contributed by atoms with Crippen molar-refractivity contribution in [2.45, 2.75) is 51.0 Å². The minimum atomic E-state index is 0.271. The highest BCUT2D eigenvalue weighted by Crippen LogP contribution is 2.27. The second-order valence-corrected chi connectivity index (χ2v) is 5.21. The molecule has 17 heavy (non-hydrogen) atoms. The van der Waals surface area contributed by atoms with Gasteiger partial charge in [-0.1, -0.05) is 31.9 Å². The fraction of sp³-hybridized carbons (Fsp3) is 0.600. The predicted molar refractivity (Wildman–Crippen MR) is 71.3 cm³/mol. The molecule has 0 saturated carbocycles. The van der Waals surface area contributed by atoms with Crippen LogP contribution >= 0.6 is 0 Å². The van der Waals surface area contributed by atoms with Gasteiger partial charge in [-0.05, 0) is 49.9 Å². The molecule has 0 spiro atoms. The third kappa shape index (κ3) is 3.22. The molecule has 1 aliphatic rings. The van der Waals surface area contributed by atoms with Gasteiger partial charge in [0.05, 0.1) is 0 Å². The second-order valence-electron chi connectivity index (χ2n) is 5.21. The minimum Gasteiger partial charge on any atom is -0.508 e. The van der Waals surface area contributed by atoms with Crippen LogP contribution in [0.5, 0.6) is 5.75 Å². The fourth-order valence-corrected chi connectivity index (χ4v) is 2.79. The van der Waals surface area contributed by atoms with Crippen molar-refractivity contribution in [3.8, 4) is 5.75 Å². The fourth-order valence-electron chi connectivity index (χ4n) is 2.79. The Morgan fingerprint density at radius 3 is 2.65 bits per heavy atom. The summed E-state index contributed by atoms with van der Waals surface area (Å²) in [5.41, 5.74) is 1.59.